The quantitative estimate of drug-likeness (QED) is 0.812. The van der Waals surface area contributed by atoms with Gasteiger partial charge >= 0.3 is 6.09 Å². The van der Waals surface area contributed by atoms with Crippen molar-refractivity contribution < 1.29 is 19.0 Å². The van der Waals surface area contributed by atoms with E-state index in [-0.39, 0.29) is 12.0 Å². The molecule has 0 aromatic heterocycles. The molecule has 25 heavy (non-hydrogen) atoms. The van der Waals surface area contributed by atoms with Crippen LogP contribution in [0.5, 0.6) is 11.5 Å². The third-order valence-electron chi connectivity index (χ3n) is 4.30. The first-order chi connectivity index (χ1) is 11.8. The highest BCUT2D eigenvalue weighted by Crippen LogP contribution is 2.34. The Morgan fingerprint density at radius 1 is 1.24 bits per heavy atom. The molecule has 2 rings (SSSR count). The van der Waals surface area contributed by atoms with Crippen molar-refractivity contribution in [1.29, 1.82) is 0 Å². The maximum atomic E-state index is 11.8. The number of hydrogen-bond acceptors (Lipinski definition) is 4. The van der Waals surface area contributed by atoms with E-state index in [0.29, 0.717) is 6.54 Å². The molecule has 1 aromatic rings. The van der Waals surface area contributed by atoms with Crippen molar-refractivity contribution >= 4 is 6.09 Å². The maximum Gasteiger partial charge on any atom is 0.407 e. The van der Waals surface area contributed by atoms with Crippen molar-refractivity contribution in [2.75, 3.05) is 13.7 Å². The normalized spacial score (nSPS) is 16.4. The van der Waals surface area contributed by atoms with Crippen LogP contribution in [-0.4, -0.2) is 31.5 Å². The van der Waals surface area contributed by atoms with Gasteiger partial charge in [0.2, 0.25) is 0 Å². The second-order valence-corrected chi connectivity index (χ2v) is 7.72. The van der Waals surface area contributed by atoms with Crippen LogP contribution in [0, 0.1) is 0 Å². The smallest absolute Gasteiger partial charge is 0.407 e. The highest BCUT2D eigenvalue weighted by Gasteiger charge is 2.20. The lowest BCUT2D eigenvalue weighted by molar-refractivity contribution is 0.0525. The third-order valence-corrected chi connectivity index (χ3v) is 4.30. The van der Waals surface area contributed by atoms with E-state index >= 15 is 0 Å². The Morgan fingerprint density at radius 2 is 1.92 bits per heavy atom. The molecule has 140 valence electrons. The predicted octanol–water partition coefficient (Wildman–Crippen LogP) is 4.64. The van der Waals surface area contributed by atoms with Gasteiger partial charge in [-0.1, -0.05) is 13.0 Å². The number of ether oxygens (including phenoxy) is 3. The van der Waals surface area contributed by atoms with Crippen LogP contribution in [0.2, 0.25) is 0 Å². The van der Waals surface area contributed by atoms with Gasteiger partial charge in [0.05, 0.1) is 13.2 Å². The molecule has 1 amide bonds. The zero-order chi connectivity index (χ0) is 18.4. The first-order valence-electron chi connectivity index (χ1n) is 9.10. The summed E-state index contributed by atoms with van der Waals surface area (Å²) < 4.78 is 16.8. The van der Waals surface area contributed by atoms with Crippen molar-refractivity contribution in [3.05, 3.63) is 23.8 Å². The second-order valence-electron chi connectivity index (χ2n) is 7.72. The van der Waals surface area contributed by atoms with E-state index in [2.05, 4.69) is 12.2 Å². The molecule has 1 aliphatic carbocycles. The molecule has 1 N–H and O–H groups in total. The van der Waals surface area contributed by atoms with E-state index in [4.69, 9.17) is 14.2 Å². The molecular weight excluding hydrogens is 318 g/mol. The largest absolute Gasteiger partial charge is 0.493 e. The SMILES string of the molecule is COc1ccc(C(C)CNC(=O)OC(C)(C)C)cc1OC1CCCC1. The van der Waals surface area contributed by atoms with Crippen LogP contribution in [0.25, 0.3) is 0 Å². The second kappa shape index (κ2) is 8.45. The lowest BCUT2D eigenvalue weighted by Crippen LogP contribution is -2.34. The Labute approximate surface area is 151 Å². The summed E-state index contributed by atoms with van der Waals surface area (Å²) in [5, 5.41) is 2.83. The molecule has 0 aliphatic heterocycles. The maximum absolute atomic E-state index is 11.8. The average Bonchev–Trinajstić information content (AvgIpc) is 3.04. The molecule has 1 unspecified atom stereocenters. The number of nitrogens with one attached hydrogen (secondary N) is 1. The van der Waals surface area contributed by atoms with Gasteiger partial charge in [-0.25, -0.2) is 4.79 Å². The summed E-state index contributed by atoms with van der Waals surface area (Å²) in [6, 6.07) is 5.98. The van der Waals surface area contributed by atoms with E-state index in [9.17, 15) is 4.79 Å². The molecule has 5 nitrogen and oxygen atoms in total. The summed E-state index contributed by atoms with van der Waals surface area (Å²) in [4.78, 5) is 11.8. The van der Waals surface area contributed by atoms with E-state index < -0.39 is 11.7 Å². The third kappa shape index (κ3) is 6.15. The number of amides is 1. The zero-order valence-corrected chi connectivity index (χ0v) is 16.1. The van der Waals surface area contributed by atoms with Crippen LogP contribution >= 0.6 is 0 Å². The van der Waals surface area contributed by atoms with Gasteiger partial charge in [0, 0.05) is 6.54 Å². The van der Waals surface area contributed by atoms with Gasteiger partial charge in [-0.3, -0.25) is 0 Å². The Kier molecular flexibility index (Phi) is 6.57. The van der Waals surface area contributed by atoms with Gasteiger partial charge < -0.3 is 19.5 Å². The number of carbonyl (C=O) groups excluding carboxylic acids is 1. The summed E-state index contributed by atoms with van der Waals surface area (Å²) in [6.07, 6.45) is 4.53. The lowest BCUT2D eigenvalue weighted by atomic mass is 10.0. The van der Waals surface area contributed by atoms with Gasteiger partial charge in [0.1, 0.15) is 5.60 Å². The van der Waals surface area contributed by atoms with Crippen molar-refractivity contribution in [2.45, 2.75) is 71.0 Å². The molecule has 1 aliphatic rings. The molecule has 5 heteroatoms. The molecule has 0 saturated heterocycles. The highest BCUT2D eigenvalue weighted by atomic mass is 16.6. The Bertz CT molecular complexity index is 574. The monoisotopic (exact) mass is 349 g/mol. The number of rotatable bonds is 6. The molecule has 0 heterocycles. The number of hydrogen-bond donors (Lipinski definition) is 1. The Morgan fingerprint density at radius 3 is 2.52 bits per heavy atom. The number of carbonyl (C=O) groups is 1. The minimum Gasteiger partial charge on any atom is -0.493 e. The van der Waals surface area contributed by atoms with Crippen LogP contribution in [-0.2, 0) is 4.74 Å². The van der Waals surface area contributed by atoms with E-state index in [1.807, 2.05) is 39.0 Å². The number of alkyl carbamates (subject to hydrolysis) is 1. The van der Waals surface area contributed by atoms with Crippen molar-refractivity contribution in [3.8, 4) is 11.5 Å². The van der Waals surface area contributed by atoms with Gasteiger partial charge in [0.15, 0.2) is 11.5 Å². The van der Waals surface area contributed by atoms with Crippen LogP contribution in [0.1, 0.15) is 64.9 Å². The van der Waals surface area contributed by atoms with Crippen LogP contribution < -0.4 is 14.8 Å². The summed E-state index contributed by atoms with van der Waals surface area (Å²) in [5.74, 6) is 1.68. The summed E-state index contributed by atoms with van der Waals surface area (Å²) in [5.41, 5.74) is 0.611. The molecule has 0 bridgehead atoms. The fourth-order valence-electron chi connectivity index (χ4n) is 2.95. The first kappa shape index (κ1) is 19.4. The zero-order valence-electron chi connectivity index (χ0n) is 16.1. The molecule has 1 saturated carbocycles. The Hall–Kier alpha value is -1.91. The highest BCUT2D eigenvalue weighted by molar-refractivity contribution is 5.67. The molecule has 0 radical (unpaired) electrons. The van der Waals surface area contributed by atoms with E-state index in [1.54, 1.807) is 7.11 Å². The molecule has 1 fully saturated rings. The molecule has 1 aromatic carbocycles. The van der Waals surface area contributed by atoms with Crippen LogP contribution in [0.3, 0.4) is 0 Å². The summed E-state index contributed by atoms with van der Waals surface area (Å²) >= 11 is 0. The van der Waals surface area contributed by atoms with Crippen molar-refractivity contribution in [3.63, 3.8) is 0 Å². The van der Waals surface area contributed by atoms with Gasteiger partial charge in [0.25, 0.3) is 0 Å². The minimum atomic E-state index is -0.490. The van der Waals surface area contributed by atoms with Crippen LogP contribution in [0.15, 0.2) is 18.2 Å². The van der Waals surface area contributed by atoms with Gasteiger partial charge in [-0.2, -0.15) is 0 Å². The molecule has 1 atom stereocenters. The minimum absolute atomic E-state index is 0.143. The first-order valence-corrected chi connectivity index (χ1v) is 9.10. The van der Waals surface area contributed by atoms with Crippen molar-refractivity contribution in [2.24, 2.45) is 0 Å². The summed E-state index contributed by atoms with van der Waals surface area (Å²) in [6.45, 7) is 8.13. The number of methoxy groups -OCH3 is 1. The van der Waals surface area contributed by atoms with Gasteiger partial charge in [-0.05, 0) is 70.1 Å². The van der Waals surface area contributed by atoms with E-state index in [0.717, 1.165) is 29.9 Å². The fraction of sp³-hybridized carbons (Fsp3) is 0.650. The van der Waals surface area contributed by atoms with Gasteiger partial charge in [-0.15, -0.1) is 0 Å². The number of benzene rings is 1. The molecular formula is C20H31NO4. The standard InChI is InChI=1S/C20H31NO4/c1-14(13-21-19(22)25-20(2,3)4)15-10-11-17(23-5)18(12-15)24-16-8-6-7-9-16/h10-12,14,16H,6-9,13H2,1-5H3,(H,21,22). The van der Waals surface area contributed by atoms with Crippen LogP contribution in [0.4, 0.5) is 4.79 Å². The predicted molar refractivity (Wildman–Crippen MR) is 98.5 cm³/mol. The Balaban J connectivity index is 1.98. The summed E-state index contributed by atoms with van der Waals surface area (Å²) in [7, 11) is 1.66. The lowest BCUT2D eigenvalue weighted by Gasteiger charge is -2.21. The molecule has 0 spiro atoms. The fourth-order valence-corrected chi connectivity index (χ4v) is 2.95. The average molecular weight is 349 g/mol. The topological polar surface area (TPSA) is 56.8 Å². The van der Waals surface area contributed by atoms with E-state index in [1.165, 1.54) is 12.8 Å². The van der Waals surface area contributed by atoms with Crippen molar-refractivity contribution in [1.82, 2.24) is 5.32 Å².